The summed E-state index contributed by atoms with van der Waals surface area (Å²) in [5, 5.41) is 2.70. The van der Waals surface area contributed by atoms with E-state index in [2.05, 4.69) is 5.32 Å². The Balaban J connectivity index is 1.10. The summed E-state index contributed by atoms with van der Waals surface area (Å²) in [4.78, 5) is 24.4. The summed E-state index contributed by atoms with van der Waals surface area (Å²) in [6, 6.07) is 7.81. The van der Waals surface area contributed by atoms with Gasteiger partial charge in [-0.1, -0.05) is 12.1 Å². The molecule has 7 rings (SSSR count). The number of nitrogens with one attached hydrogen (secondary N) is 1. The number of carbonyl (C=O) groups is 1. The van der Waals surface area contributed by atoms with Gasteiger partial charge in [-0.2, -0.15) is 9.78 Å². The molecule has 34 heavy (non-hydrogen) atoms. The molecule has 0 radical (unpaired) electrons. The quantitative estimate of drug-likeness (QED) is 0.602. The predicted octanol–water partition coefficient (Wildman–Crippen LogP) is 5.00. The minimum absolute atomic E-state index is 0.324. The van der Waals surface area contributed by atoms with E-state index in [4.69, 9.17) is 25.0 Å². The van der Waals surface area contributed by atoms with E-state index in [1.54, 1.807) is 0 Å². The number of rotatable bonds is 4. The normalized spacial score (nSPS) is 40.7. The first-order chi connectivity index (χ1) is 16.2. The van der Waals surface area contributed by atoms with Gasteiger partial charge in [0.2, 0.25) is 11.6 Å². The van der Waals surface area contributed by atoms with Crippen molar-refractivity contribution in [3.8, 4) is 5.75 Å². The topological polar surface area (TPSA) is 92.0 Å². The highest BCUT2D eigenvalue weighted by atomic mass is 17.3. The highest BCUT2D eigenvalue weighted by Gasteiger charge is 2.67. The van der Waals surface area contributed by atoms with Crippen molar-refractivity contribution in [1.82, 2.24) is 5.32 Å². The Morgan fingerprint density at radius 1 is 1.09 bits per heavy atom. The lowest BCUT2D eigenvalue weighted by atomic mass is 9.53. The number of benzene rings is 1. The molecule has 3 N–H and O–H groups in total. The van der Waals surface area contributed by atoms with Gasteiger partial charge in [0.05, 0.1) is 0 Å². The lowest BCUT2D eigenvalue weighted by molar-refractivity contribution is -0.390. The smallest absolute Gasteiger partial charge is 0.410 e. The minimum atomic E-state index is -0.637. The van der Waals surface area contributed by atoms with Crippen molar-refractivity contribution in [2.24, 2.45) is 29.4 Å². The SMILES string of the molecule is CC(C)(N)CNC(=O)Oc1ccc(C2CCCC3(C2)OOC2(O3)C3CC4CC(C3)CC2C4)cc1. The molecule has 1 amide bonds. The van der Waals surface area contributed by atoms with Crippen molar-refractivity contribution in [3.05, 3.63) is 29.8 Å². The van der Waals surface area contributed by atoms with Gasteiger partial charge in [0.25, 0.3) is 0 Å². The van der Waals surface area contributed by atoms with Crippen LogP contribution in [0.2, 0.25) is 0 Å². The van der Waals surface area contributed by atoms with E-state index in [1.807, 2.05) is 38.1 Å². The predicted molar refractivity (Wildman–Crippen MR) is 126 cm³/mol. The van der Waals surface area contributed by atoms with Gasteiger partial charge in [0, 0.05) is 36.8 Å². The number of nitrogens with two attached hydrogens (primary N) is 1. The molecule has 5 aliphatic carbocycles. The molecule has 1 aliphatic heterocycles. The van der Waals surface area contributed by atoms with Crippen LogP contribution in [0.3, 0.4) is 0 Å². The molecule has 0 aromatic heterocycles. The molecule has 1 saturated heterocycles. The van der Waals surface area contributed by atoms with Gasteiger partial charge in [0.15, 0.2) is 0 Å². The lowest BCUT2D eigenvalue weighted by Crippen LogP contribution is -2.59. The van der Waals surface area contributed by atoms with Crippen molar-refractivity contribution in [2.75, 3.05) is 6.54 Å². The molecule has 7 heteroatoms. The Morgan fingerprint density at radius 3 is 2.41 bits per heavy atom. The third-order valence-electron chi connectivity index (χ3n) is 8.86. The fourth-order valence-electron chi connectivity index (χ4n) is 7.51. The highest BCUT2D eigenvalue weighted by molar-refractivity contribution is 5.70. The van der Waals surface area contributed by atoms with Crippen LogP contribution in [0.25, 0.3) is 0 Å². The highest BCUT2D eigenvalue weighted by Crippen LogP contribution is 2.64. The van der Waals surface area contributed by atoms with E-state index in [-0.39, 0.29) is 0 Å². The third kappa shape index (κ3) is 4.15. The molecule has 2 spiro atoms. The summed E-state index contributed by atoms with van der Waals surface area (Å²) in [7, 11) is 0. The van der Waals surface area contributed by atoms with Crippen LogP contribution in [0.5, 0.6) is 5.75 Å². The maximum absolute atomic E-state index is 12.0. The summed E-state index contributed by atoms with van der Waals surface area (Å²) in [6.45, 7) is 4.06. The number of hydrogen-bond donors (Lipinski definition) is 2. The molecular weight excluding hydrogens is 432 g/mol. The summed E-state index contributed by atoms with van der Waals surface area (Å²) in [5.74, 6) is 2.38. The van der Waals surface area contributed by atoms with Crippen molar-refractivity contribution >= 4 is 6.09 Å². The maximum Gasteiger partial charge on any atom is 0.412 e. The Hall–Kier alpha value is -1.67. The van der Waals surface area contributed by atoms with E-state index < -0.39 is 23.2 Å². The van der Waals surface area contributed by atoms with Crippen LogP contribution in [0.1, 0.15) is 83.1 Å². The third-order valence-corrected chi connectivity index (χ3v) is 8.86. The molecule has 4 bridgehead atoms. The van der Waals surface area contributed by atoms with Crippen molar-refractivity contribution in [1.29, 1.82) is 0 Å². The summed E-state index contributed by atoms with van der Waals surface area (Å²) in [6.07, 6.45) is 9.65. The first-order valence-corrected chi connectivity index (χ1v) is 13.1. The van der Waals surface area contributed by atoms with Crippen LogP contribution < -0.4 is 15.8 Å². The van der Waals surface area contributed by atoms with Crippen molar-refractivity contribution in [3.63, 3.8) is 0 Å². The summed E-state index contributed by atoms with van der Waals surface area (Å²) < 4.78 is 12.3. The maximum atomic E-state index is 12.0. The largest absolute Gasteiger partial charge is 0.412 e. The molecule has 6 aliphatic rings. The van der Waals surface area contributed by atoms with Crippen LogP contribution >= 0.6 is 0 Å². The fraction of sp³-hybridized carbons (Fsp3) is 0.741. The van der Waals surface area contributed by atoms with Gasteiger partial charge >= 0.3 is 6.09 Å². The number of carbonyl (C=O) groups excluding carboxylic acids is 1. The molecule has 6 fully saturated rings. The van der Waals surface area contributed by atoms with E-state index in [9.17, 15) is 4.79 Å². The van der Waals surface area contributed by atoms with Crippen LogP contribution in [0, 0.1) is 23.7 Å². The molecule has 186 valence electrons. The molecule has 7 nitrogen and oxygen atoms in total. The van der Waals surface area contributed by atoms with E-state index in [0.717, 1.165) is 37.5 Å². The first kappa shape index (κ1) is 22.8. The second-order valence-corrected chi connectivity index (χ2v) is 12.3. The minimum Gasteiger partial charge on any atom is -0.410 e. The Morgan fingerprint density at radius 2 is 1.76 bits per heavy atom. The van der Waals surface area contributed by atoms with E-state index in [0.29, 0.717) is 30.0 Å². The summed E-state index contributed by atoms with van der Waals surface area (Å²) in [5.41, 5.74) is 6.64. The Kier molecular flexibility index (Phi) is 5.48. The van der Waals surface area contributed by atoms with Gasteiger partial charge in [-0.3, -0.25) is 0 Å². The number of hydrogen-bond acceptors (Lipinski definition) is 6. The first-order valence-electron chi connectivity index (χ1n) is 13.1. The zero-order valence-electron chi connectivity index (χ0n) is 20.4. The van der Waals surface area contributed by atoms with Gasteiger partial charge in [0.1, 0.15) is 5.75 Å². The van der Waals surface area contributed by atoms with Crippen LogP contribution in [0.15, 0.2) is 24.3 Å². The van der Waals surface area contributed by atoms with E-state index in [1.165, 1.54) is 37.7 Å². The molecule has 2 atom stereocenters. The summed E-state index contributed by atoms with van der Waals surface area (Å²) >= 11 is 0. The second kappa shape index (κ2) is 8.19. The average Bonchev–Trinajstić information content (AvgIpc) is 3.15. The fourth-order valence-corrected chi connectivity index (χ4v) is 7.51. The number of amides is 1. The molecule has 1 aromatic rings. The zero-order valence-corrected chi connectivity index (χ0v) is 20.4. The molecule has 5 saturated carbocycles. The average molecular weight is 471 g/mol. The Labute approximate surface area is 202 Å². The van der Waals surface area contributed by atoms with Gasteiger partial charge in [-0.15, -0.1) is 0 Å². The molecule has 2 unspecified atom stereocenters. The lowest BCUT2D eigenvalue weighted by Gasteiger charge is -2.57. The molecule has 1 aromatic carbocycles. The standard InChI is InChI=1S/C27H38N2O5/c1-25(2,28)16-29-24(30)31-23-7-5-19(6-8-23)20-4-3-9-26(15-20)32-27(34-33-26)21-11-17-10-18(13-21)14-22(27)12-17/h5-8,17-18,20-22H,3-4,9-16,28H2,1-2H3,(H,29,30). The zero-order chi connectivity index (χ0) is 23.6. The van der Waals surface area contributed by atoms with Gasteiger partial charge in [-0.05, 0) is 94.2 Å². The number of ether oxygens (including phenoxy) is 2. The van der Waals surface area contributed by atoms with E-state index >= 15 is 0 Å². The van der Waals surface area contributed by atoms with Crippen LogP contribution in [-0.4, -0.2) is 29.8 Å². The second-order valence-electron chi connectivity index (χ2n) is 12.3. The van der Waals surface area contributed by atoms with Crippen LogP contribution in [0.4, 0.5) is 4.79 Å². The van der Waals surface area contributed by atoms with Gasteiger partial charge in [-0.25, -0.2) is 4.79 Å². The molecular formula is C27H38N2O5. The van der Waals surface area contributed by atoms with Crippen molar-refractivity contribution in [2.45, 2.75) is 94.7 Å². The monoisotopic (exact) mass is 470 g/mol. The molecule has 1 heterocycles. The Bertz CT molecular complexity index is 898. The van der Waals surface area contributed by atoms with Crippen LogP contribution in [-0.2, 0) is 14.5 Å². The van der Waals surface area contributed by atoms with Crippen molar-refractivity contribution < 1.29 is 24.0 Å². The van der Waals surface area contributed by atoms with Gasteiger partial charge < -0.3 is 20.5 Å².